The van der Waals surface area contributed by atoms with Gasteiger partial charge in [-0.2, -0.15) is 0 Å². The van der Waals surface area contributed by atoms with Crippen molar-refractivity contribution < 1.29 is 32.6 Å². The minimum Gasteiger partial charge on any atom is -0.493 e. The fraction of sp³-hybridized carbons (Fsp3) is 0.435. The summed E-state index contributed by atoms with van der Waals surface area (Å²) in [6, 6.07) is 12.1. The lowest BCUT2D eigenvalue weighted by molar-refractivity contribution is 0.0935. The van der Waals surface area contributed by atoms with E-state index in [2.05, 4.69) is 5.32 Å². The average molecular weight is 465 g/mol. The van der Waals surface area contributed by atoms with E-state index in [0.29, 0.717) is 35.7 Å². The summed E-state index contributed by atoms with van der Waals surface area (Å²) in [4.78, 5) is 13.3. The fourth-order valence-electron chi connectivity index (χ4n) is 3.02. The van der Waals surface area contributed by atoms with E-state index in [4.69, 9.17) is 23.3 Å². The molecular weight excluding hydrogens is 433 g/mol. The second-order valence-corrected chi connectivity index (χ2v) is 9.02. The van der Waals surface area contributed by atoms with Gasteiger partial charge in [0.05, 0.1) is 34.5 Å². The van der Waals surface area contributed by atoms with Crippen LogP contribution in [0.4, 0.5) is 0 Å². The molecule has 0 radical (unpaired) electrons. The van der Waals surface area contributed by atoms with Crippen molar-refractivity contribution >= 4 is 13.5 Å². The van der Waals surface area contributed by atoms with Crippen molar-refractivity contribution in [3.05, 3.63) is 53.6 Å². The molecular formula is C23H32NO7P. The lowest BCUT2D eigenvalue weighted by Gasteiger charge is -2.28. The highest BCUT2D eigenvalue weighted by Gasteiger charge is 2.39. The van der Waals surface area contributed by atoms with Crippen molar-refractivity contribution in [1.29, 1.82) is 0 Å². The van der Waals surface area contributed by atoms with Crippen LogP contribution < -0.4 is 19.5 Å². The van der Waals surface area contributed by atoms with Crippen LogP contribution in [-0.2, 0) is 13.6 Å². The second-order valence-electron chi connectivity index (χ2n) is 6.91. The van der Waals surface area contributed by atoms with Gasteiger partial charge in [0.2, 0.25) is 5.75 Å². The standard InChI is InChI=1S/C23H32NO7P/c1-6-13-30-32(26,31-14-7-2)23(17-11-9-8-10-12-17)24-22(25)18-15-19(27-3)21(29-5)20(16-18)28-4/h8-12,15-16,23H,6-7,13-14H2,1-5H3,(H,24,25)/t23-/m0/s1. The molecule has 0 bridgehead atoms. The number of nitrogens with one attached hydrogen (secondary N) is 1. The summed E-state index contributed by atoms with van der Waals surface area (Å²) in [5, 5.41) is 2.84. The van der Waals surface area contributed by atoms with Crippen LogP contribution in [-0.4, -0.2) is 40.5 Å². The first-order valence-electron chi connectivity index (χ1n) is 10.5. The Morgan fingerprint density at radius 2 is 1.44 bits per heavy atom. The van der Waals surface area contributed by atoms with Gasteiger partial charge in [0.25, 0.3) is 5.91 Å². The molecule has 1 N–H and O–H groups in total. The largest absolute Gasteiger partial charge is 0.493 e. The van der Waals surface area contributed by atoms with Crippen molar-refractivity contribution in [3.63, 3.8) is 0 Å². The zero-order valence-electron chi connectivity index (χ0n) is 19.3. The summed E-state index contributed by atoms with van der Waals surface area (Å²) in [5.74, 6) is -0.442. The number of ether oxygens (including phenoxy) is 3. The molecule has 2 aromatic carbocycles. The van der Waals surface area contributed by atoms with Gasteiger partial charge in [-0.1, -0.05) is 44.2 Å². The zero-order valence-corrected chi connectivity index (χ0v) is 20.1. The summed E-state index contributed by atoms with van der Waals surface area (Å²) in [7, 11) is 0.692. The number of hydrogen-bond donors (Lipinski definition) is 1. The van der Waals surface area contributed by atoms with Gasteiger partial charge in [-0.3, -0.25) is 9.36 Å². The summed E-state index contributed by atoms with van der Waals surface area (Å²) < 4.78 is 41.2. The number of methoxy groups -OCH3 is 3. The lowest BCUT2D eigenvalue weighted by Crippen LogP contribution is -2.30. The molecule has 2 aromatic rings. The predicted molar refractivity (Wildman–Crippen MR) is 123 cm³/mol. The number of carbonyl (C=O) groups is 1. The SMILES string of the molecule is CCCOP(=O)(OCCC)[C@H](NC(=O)c1cc(OC)c(OC)c(OC)c1)c1ccccc1. The maximum Gasteiger partial charge on any atom is 0.357 e. The van der Waals surface area contributed by atoms with Gasteiger partial charge in [0.15, 0.2) is 17.3 Å². The molecule has 0 saturated heterocycles. The molecule has 1 atom stereocenters. The van der Waals surface area contributed by atoms with Crippen LogP contribution in [0.25, 0.3) is 0 Å². The number of carbonyl (C=O) groups excluding carboxylic acids is 1. The van der Waals surface area contributed by atoms with Crippen molar-refractivity contribution in [2.75, 3.05) is 34.5 Å². The highest BCUT2D eigenvalue weighted by atomic mass is 31.2. The third kappa shape index (κ3) is 6.25. The number of benzene rings is 2. The monoisotopic (exact) mass is 465 g/mol. The Kier molecular flexibility index (Phi) is 10.0. The first-order valence-corrected chi connectivity index (χ1v) is 12.1. The summed E-state index contributed by atoms with van der Waals surface area (Å²) in [6.45, 7) is 4.31. The van der Waals surface area contributed by atoms with E-state index in [1.165, 1.54) is 33.5 Å². The van der Waals surface area contributed by atoms with Crippen LogP contribution in [0.1, 0.15) is 48.4 Å². The van der Waals surface area contributed by atoms with Crippen LogP contribution in [0.5, 0.6) is 17.2 Å². The summed E-state index contributed by atoms with van der Waals surface area (Å²) in [5.41, 5.74) is 0.863. The maximum atomic E-state index is 13.8. The minimum absolute atomic E-state index is 0.240. The molecule has 0 spiro atoms. The van der Waals surface area contributed by atoms with Crippen molar-refractivity contribution in [1.82, 2.24) is 5.32 Å². The Morgan fingerprint density at radius 3 is 1.88 bits per heavy atom. The third-order valence-electron chi connectivity index (χ3n) is 4.58. The third-order valence-corrected chi connectivity index (χ3v) is 6.72. The smallest absolute Gasteiger partial charge is 0.357 e. The highest BCUT2D eigenvalue weighted by Crippen LogP contribution is 2.60. The van der Waals surface area contributed by atoms with Crippen LogP contribution in [0.3, 0.4) is 0 Å². The van der Waals surface area contributed by atoms with E-state index in [1.807, 2.05) is 19.9 Å². The second kappa shape index (κ2) is 12.5. The van der Waals surface area contributed by atoms with Gasteiger partial charge in [-0.05, 0) is 30.5 Å². The lowest BCUT2D eigenvalue weighted by atomic mass is 10.1. The van der Waals surface area contributed by atoms with Crippen LogP contribution in [0, 0.1) is 0 Å². The molecule has 0 unspecified atom stereocenters. The van der Waals surface area contributed by atoms with Crippen LogP contribution >= 0.6 is 7.60 Å². The number of amides is 1. The average Bonchev–Trinajstić information content (AvgIpc) is 2.84. The van der Waals surface area contributed by atoms with E-state index >= 15 is 0 Å². The maximum absolute atomic E-state index is 13.8. The highest BCUT2D eigenvalue weighted by molar-refractivity contribution is 7.54. The molecule has 0 aliphatic carbocycles. The van der Waals surface area contributed by atoms with Crippen molar-refractivity contribution in [2.24, 2.45) is 0 Å². The van der Waals surface area contributed by atoms with Gasteiger partial charge in [-0.15, -0.1) is 0 Å². The van der Waals surface area contributed by atoms with Crippen LogP contribution in [0.15, 0.2) is 42.5 Å². The molecule has 0 fully saturated rings. The molecule has 0 saturated carbocycles. The molecule has 1 amide bonds. The molecule has 32 heavy (non-hydrogen) atoms. The Morgan fingerprint density at radius 1 is 0.906 bits per heavy atom. The molecule has 8 nitrogen and oxygen atoms in total. The molecule has 0 aromatic heterocycles. The number of rotatable bonds is 13. The Hall–Kier alpha value is -2.54. The van der Waals surface area contributed by atoms with Crippen molar-refractivity contribution in [2.45, 2.75) is 32.5 Å². The minimum atomic E-state index is -3.73. The van der Waals surface area contributed by atoms with Gasteiger partial charge in [-0.25, -0.2) is 0 Å². The molecule has 176 valence electrons. The van der Waals surface area contributed by atoms with Crippen molar-refractivity contribution in [3.8, 4) is 17.2 Å². The quantitative estimate of drug-likeness (QED) is 0.407. The topological polar surface area (TPSA) is 92.3 Å². The molecule has 0 aliphatic rings. The summed E-state index contributed by atoms with van der Waals surface area (Å²) in [6.07, 6.45) is 1.31. The Labute approximate surface area is 189 Å². The van der Waals surface area contributed by atoms with E-state index in [1.54, 1.807) is 24.3 Å². The van der Waals surface area contributed by atoms with E-state index in [9.17, 15) is 9.36 Å². The Bertz CT molecular complexity index is 883. The predicted octanol–water partition coefficient (Wildman–Crippen LogP) is 5.19. The first-order chi connectivity index (χ1) is 15.4. The molecule has 9 heteroatoms. The van der Waals surface area contributed by atoms with Gasteiger partial charge < -0.3 is 28.6 Å². The molecule has 0 heterocycles. The van der Waals surface area contributed by atoms with E-state index < -0.39 is 19.3 Å². The van der Waals surface area contributed by atoms with Gasteiger partial charge in [0, 0.05) is 5.56 Å². The Balaban J connectivity index is 2.48. The van der Waals surface area contributed by atoms with Gasteiger partial charge in [0.1, 0.15) is 0 Å². The molecule has 0 aliphatic heterocycles. The first kappa shape index (κ1) is 25.7. The summed E-state index contributed by atoms with van der Waals surface area (Å²) >= 11 is 0. The zero-order chi connectivity index (χ0) is 23.6. The van der Waals surface area contributed by atoms with Crippen LogP contribution in [0.2, 0.25) is 0 Å². The normalized spacial score (nSPS) is 12.2. The van der Waals surface area contributed by atoms with E-state index in [0.717, 1.165) is 0 Å². The fourth-order valence-corrected chi connectivity index (χ4v) is 5.08. The molecule has 2 rings (SSSR count). The number of hydrogen-bond acceptors (Lipinski definition) is 7. The van der Waals surface area contributed by atoms with Gasteiger partial charge >= 0.3 is 7.60 Å². The van der Waals surface area contributed by atoms with E-state index in [-0.39, 0.29) is 18.8 Å².